The van der Waals surface area contributed by atoms with Crippen LogP contribution in [0.25, 0.3) is 33.3 Å². The average molecular weight is 493 g/mol. The molecule has 0 spiro atoms. The van der Waals surface area contributed by atoms with Gasteiger partial charge in [-0.25, -0.2) is 4.98 Å². The Bertz CT molecular complexity index is 1420. The van der Waals surface area contributed by atoms with Gasteiger partial charge in [0.25, 0.3) is 5.56 Å². The minimum absolute atomic E-state index is 0.184. The van der Waals surface area contributed by atoms with Crippen molar-refractivity contribution in [1.82, 2.24) is 20.3 Å². The van der Waals surface area contributed by atoms with Gasteiger partial charge in [-0.3, -0.25) is 4.79 Å². The predicted octanol–water partition coefficient (Wildman–Crippen LogP) is 3.97. The molecule has 0 amide bonds. The summed E-state index contributed by atoms with van der Waals surface area (Å²) in [7, 11) is 0. The molecule has 182 valence electrons. The number of aromatic amines is 2. The summed E-state index contributed by atoms with van der Waals surface area (Å²) in [4.78, 5) is 26.9. The fourth-order valence-corrected chi connectivity index (χ4v) is 5.32. The van der Waals surface area contributed by atoms with E-state index >= 15 is 0 Å². The molecule has 2 aromatic carbocycles. The minimum Gasteiger partial charge on any atom is -0.383 e. The topological polar surface area (TPSA) is 98.1 Å². The molecule has 2 aliphatic rings. The Morgan fingerprint density at radius 2 is 1.97 bits per heavy atom. The van der Waals surface area contributed by atoms with Crippen LogP contribution in [0.2, 0.25) is 5.02 Å². The van der Waals surface area contributed by atoms with E-state index in [1.54, 1.807) is 6.07 Å². The summed E-state index contributed by atoms with van der Waals surface area (Å²) in [5, 5.41) is 8.57. The van der Waals surface area contributed by atoms with Gasteiger partial charge < -0.3 is 30.2 Å². The van der Waals surface area contributed by atoms with Gasteiger partial charge in [0.2, 0.25) is 0 Å². The molecule has 4 N–H and O–H groups in total. The zero-order valence-corrected chi connectivity index (χ0v) is 20.3. The third-order valence-electron chi connectivity index (χ3n) is 7.02. The SMILES string of the molecule is O=c1[nH]c2ccc(Cl)cc2c(NCC2CCCNC2)c1-c1nc2cc(N3CCOCC3)ccc2[nH]1. The van der Waals surface area contributed by atoms with Crippen molar-refractivity contribution in [2.24, 2.45) is 5.92 Å². The largest absolute Gasteiger partial charge is 0.383 e. The van der Waals surface area contributed by atoms with Gasteiger partial charge in [-0.05, 0) is 68.2 Å². The highest BCUT2D eigenvalue weighted by Gasteiger charge is 2.21. The van der Waals surface area contributed by atoms with Crippen molar-refractivity contribution in [2.45, 2.75) is 12.8 Å². The molecule has 9 heteroatoms. The first-order valence-corrected chi connectivity index (χ1v) is 12.7. The Hall–Kier alpha value is -3.07. The summed E-state index contributed by atoms with van der Waals surface area (Å²) in [6, 6.07) is 11.7. The first-order chi connectivity index (χ1) is 17.2. The van der Waals surface area contributed by atoms with Gasteiger partial charge in [0.1, 0.15) is 11.4 Å². The molecule has 2 aromatic heterocycles. The van der Waals surface area contributed by atoms with E-state index in [1.165, 1.54) is 0 Å². The van der Waals surface area contributed by atoms with Crippen molar-refractivity contribution in [1.29, 1.82) is 0 Å². The molecule has 6 rings (SSSR count). The number of ether oxygens (including phenoxy) is 1. The lowest BCUT2D eigenvalue weighted by Crippen LogP contribution is -2.36. The van der Waals surface area contributed by atoms with Crippen molar-refractivity contribution in [3.8, 4) is 11.4 Å². The van der Waals surface area contributed by atoms with E-state index in [1.807, 2.05) is 18.2 Å². The highest BCUT2D eigenvalue weighted by molar-refractivity contribution is 6.31. The summed E-state index contributed by atoms with van der Waals surface area (Å²) >= 11 is 6.37. The predicted molar refractivity (Wildman–Crippen MR) is 142 cm³/mol. The van der Waals surface area contributed by atoms with Crippen LogP contribution in [0.1, 0.15) is 12.8 Å². The Labute approximate surface area is 208 Å². The fourth-order valence-electron chi connectivity index (χ4n) is 5.15. The van der Waals surface area contributed by atoms with E-state index in [0.29, 0.717) is 22.3 Å². The number of nitrogens with one attached hydrogen (secondary N) is 4. The number of benzene rings is 2. The molecule has 0 radical (unpaired) electrons. The van der Waals surface area contributed by atoms with Crippen molar-refractivity contribution < 1.29 is 4.74 Å². The first kappa shape index (κ1) is 22.4. The molecule has 2 saturated heterocycles. The van der Waals surface area contributed by atoms with E-state index in [0.717, 1.165) is 92.1 Å². The van der Waals surface area contributed by atoms with E-state index in [9.17, 15) is 4.79 Å². The number of rotatable bonds is 5. The second kappa shape index (κ2) is 9.53. The first-order valence-electron chi connectivity index (χ1n) is 12.3. The molecule has 35 heavy (non-hydrogen) atoms. The summed E-state index contributed by atoms with van der Waals surface area (Å²) in [6.45, 7) is 5.98. The number of hydrogen-bond donors (Lipinski definition) is 4. The molecule has 2 aliphatic heterocycles. The van der Waals surface area contributed by atoms with Crippen LogP contribution in [0, 0.1) is 5.92 Å². The zero-order valence-electron chi connectivity index (χ0n) is 19.5. The van der Waals surface area contributed by atoms with Crippen LogP contribution in [0.4, 0.5) is 11.4 Å². The third kappa shape index (κ3) is 4.49. The number of morpholine rings is 1. The molecule has 0 bridgehead atoms. The lowest BCUT2D eigenvalue weighted by molar-refractivity contribution is 0.122. The Morgan fingerprint density at radius 1 is 1.11 bits per heavy atom. The summed E-state index contributed by atoms with van der Waals surface area (Å²) in [5.74, 6) is 1.04. The molecule has 2 fully saturated rings. The van der Waals surface area contributed by atoms with Crippen molar-refractivity contribution in [3.63, 3.8) is 0 Å². The van der Waals surface area contributed by atoms with Gasteiger partial charge in [0.15, 0.2) is 0 Å². The van der Waals surface area contributed by atoms with Crippen LogP contribution >= 0.6 is 11.6 Å². The lowest BCUT2D eigenvalue weighted by atomic mass is 9.99. The number of pyridine rings is 1. The zero-order chi connectivity index (χ0) is 23.8. The number of nitrogens with zero attached hydrogens (tertiary/aromatic N) is 2. The highest BCUT2D eigenvalue weighted by Crippen LogP contribution is 2.33. The van der Waals surface area contributed by atoms with Gasteiger partial charge in [0, 0.05) is 35.7 Å². The van der Waals surface area contributed by atoms with Gasteiger partial charge in [-0.1, -0.05) is 11.6 Å². The summed E-state index contributed by atoms with van der Waals surface area (Å²) < 4.78 is 5.49. The molecule has 0 saturated carbocycles. The van der Waals surface area contributed by atoms with Gasteiger partial charge in [0.05, 0.1) is 35.5 Å². The Morgan fingerprint density at radius 3 is 2.80 bits per heavy atom. The maximum Gasteiger partial charge on any atom is 0.261 e. The van der Waals surface area contributed by atoms with Crippen LogP contribution in [0.5, 0.6) is 0 Å². The van der Waals surface area contributed by atoms with Crippen LogP contribution < -0.4 is 21.1 Å². The number of imidazole rings is 1. The van der Waals surface area contributed by atoms with Crippen molar-refractivity contribution in [3.05, 3.63) is 51.8 Å². The maximum atomic E-state index is 13.4. The number of piperidine rings is 1. The lowest BCUT2D eigenvalue weighted by Gasteiger charge is -2.28. The number of fused-ring (bicyclic) bond motifs is 2. The summed E-state index contributed by atoms with van der Waals surface area (Å²) in [5.41, 5.74) is 4.68. The molecular weight excluding hydrogens is 464 g/mol. The quantitative estimate of drug-likeness (QED) is 0.336. The third-order valence-corrected chi connectivity index (χ3v) is 7.26. The minimum atomic E-state index is -0.184. The molecule has 8 nitrogen and oxygen atoms in total. The molecular formula is C26H29ClN6O2. The monoisotopic (exact) mass is 492 g/mol. The van der Waals surface area contributed by atoms with Crippen LogP contribution in [0.15, 0.2) is 41.2 Å². The van der Waals surface area contributed by atoms with E-state index in [2.05, 4.69) is 37.6 Å². The number of H-pyrrole nitrogens is 2. The number of anilines is 2. The van der Waals surface area contributed by atoms with Crippen molar-refractivity contribution >= 4 is 44.9 Å². The number of halogens is 1. The van der Waals surface area contributed by atoms with Crippen LogP contribution in [-0.4, -0.2) is 60.9 Å². The second-order valence-electron chi connectivity index (χ2n) is 9.37. The normalized spacial score (nSPS) is 18.9. The van der Waals surface area contributed by atoms with E-state index in [-0.39, 0.29) is 5.56 Å². The van der Waals surface area contributed by atoms with Gasteiger partial charge in [-0.15, -0.1) is 0 Å². The highest BCUT2D eigenvalue weighted by atomic mass is 35.5. The standard InChI is InChI=1S/C26H29ClN6O2/c27-17-3-5-20-19(12-17)24(29-15-16-2-1-7-28-14-16)23(26(34)32-20)25-30-21-6-4-18(13-22(21)31-25)33-8-10-35-11-9-33/h3-6,12-13,16,28H,1-2,7-11,14-15H2,(H,30,31)(H2,29,32,34). The molecule has 4 heterocycles. The van der Waals surface area contributed by atoms with E-state index < -0.39 is 0 Å². The van der Waals surface area contributed by atoms with Crippen molar-refractivity contribution in [2.75, 3.05) is 56.2 Å². The number of hydrogen-bond acceptors (Lipinski definition) is 6. The molecule has 4 aromatic rings. The molecule has 1 unspecified atom stereocenters. The Balaban J connectivity index is 1.43. The average Bonchev–Trinajstić information content (AvgIpc) is 3.31. The second-order valence-corrected chi connectivity index (χ2v) is 9.81. The Kier molecular flexibility index (Phi) is 6.10. The van der Waals surface area contributed by atoms with Gasteiger partial charge in [-0.2, -0.15) is 0 Å². The molecule has 0 aliphatic carbocycles. The maximum absolute atomic E-state index is 13.4. The van der Waals surface area contributed by atoms with Crippen LogP contribution in [0.3, 0.4) is 0 Å². The van der Waals surface area contributed by atoms with E-state index in [4.69, 9.17) is 21.3 Å². The smallest absolute Gasteiger partial charge is 0.261 e. The molecule has 1 atom stereocenters. The summed E-state index contributed by atoms with van der Waals surface area (Å²) in [6.07, 6.45) is 2.32. The van der Waals surface area contributed by atoms with Crippen LogP contribution in [-0.2, 0) is 4.74 Å². The number of aromatic nitrogens is 3. The van der Waals surface area contributed by atoms with Gasteiger partial charge >= 0.3 is 0 Å². The fraction of sp³-hybridized carbons (Fsp3) is 0.385.